The summed E-state index contributed by atoms with van der Waals surface area (Å²) in [5.41, 5.74) is 0.838. The van der Waals surface area contributed by atoms with Crippen LogP contribution in [0.25, 0.3) is 0 Å². The van der Waals surface area contributed by atoms with E-state index in [1.807, 2.05) is 19.9 Å². The molecule has 96 valence electrons. The van der Waals surface area contributed by atoms with Crippen molar-refractivity contribution in [3.8, 4) is 0 Å². The lowest BCUT2D eigenvalue weighted by atomic mass is 10.1. The first-order valence-electron chi connectivity index (χ1n) is 5.99. The zero-order chi connectivity index (χ0) is 12.7. The summed E-state index contributed by atoms with van der Waals surface area (Å²) in [5, 5.41) is 6.92. The van der Waals surface area contributed by atoms with Crippen molar-refractivity contribution in [3.63, 3.8) is 0 Å². The molecule has 1 aromatic heterocycles. The molecule has 1 aromatic rings. The average Bonchev–Trinajstić information content (AvgIpc) is 2.70. The van der Waals surface area contributed by atoms with E-state index in [1.165, 1.54) is 0 Å². The van der Waals surface area contributed by atoms with Crippen LogP contribution in [0.5, 0.6) is 0 Å². The lowest BCUT2D eigenvalue weighted by Gasteiger charge is -2.15. The highest BCUT2D eigenvalue weighted by Gasteiger charge is 2.18. The van der Waals surface area contributed by atoms with Crippen molar-refractivity contribution in [2.75, 3.05) is 6.61 Å². The highest BCUT2D eigenvalue weighted by Crippen LogP contribution is 2.05. The molecule has 0 amide bonds. The fourth-order valence-corrected chi connectivity index (χ4v) is 1.56. The Labute approximate surface area is 102 Å². The standard InChI is InChI=1S/C12H20N2O3/c1-4-6-11(12(15)16-5-2)13-8-10-7-9(3)14-17-10/h7,11,13H,4-6,8H2,1-3H3. The van der Waals surface area contributed by atoms with Gasteiger partial charge in [0.15, 0.2) is 5.76 Å². The van der Waals surface area contributed by atoms with Crippen molar-refractivity contribution in [1.82, 2.24) is 10.5 Å². The molecule has 0 aliphatic rings. The minimum atomic E-state index is -0.273. The molecule has 5 nitrogen and oxygen atoms in total. The quantitative estimate of drug-likeness (QED) is 0.736. The summed E-state index contributed by atoms with van der Waals surface area (Å²) in [6.07, 6.45) is 1.68. The second kappa shape index (κ2) is 7.06. The fourth-order valence-electron chi connectivity index (χ4n) is 1.56. The van der Waals surface area contributed by atoms with Gasteiger partial charge < -0.3 is 9.26 Å². The molecule has 0 aliphatic carbocycles. The molecule has 0 saturated heterocycles. The van der Waals surface area contributed by atoms with E-state index in [1.54, 1.807) is 6.92 Å². The largest absolute Gasteiger partial charge is 0.465 e. The van der Waals surface area contributed by atoms with Crippen LogP contribution in [0.2, 0.25) is 0 Å². The molecule has 5 heteroatoms. The molecule has 0 spiro atoms. The van der Waals surface area contributed by atoms with Gasteiger partial charge in [0.1, 0.15) is 6.04 Å². The van der Waals surface area contributed by atoms with E-state index >= 15 is 0 Å². The predicted molar refractivity (Wildman–Crippen MR) is 63.4 cm³/mol. The highest BCUT2D eigenvalue weighted by atomic mass is 16.5. The third-order valence-electron chi connectivity index (χ3n) is 2.35. The van der Waals surface area contributed by atoms with Gasteiger partial charge in [-0.1, -0.05) is 18.5 Å². The number of hydrogen-bond acceptors (Lipinski definition) is 5. The minimum absolute atomic E-state index is 0.203. The fraction of sp³-hybridized carbons (Fsp3) is 0.667. The van der Waals surface area contributed by atoms with Gasteiger partial charge in [-0.2, -0.15) is 0 Å². The molecule has 1 heterocycles. The molecule has 17 heavy (non-hydrogen) atoms. The second-order valence-corrected chi connectivity index (χ2v) is 3.91. The summed E-state index contributed by atoms with van der Waals surface area (Å²) in [7, 11) is 0. The number of aryl methyl sites for hydroxylation is 1. The Morgan fingerprint density at radius 3 is 2.88 bits per heavy atom. The van der Waals surface area contributed by atoms with E-state index in [4.69, 9.17) is 9.26 Å². The van der Waals surface area contributed by atoms with Gasteiger partial charge in [-0.05, 0) is 20.3 Å². The maximum Gasteiger partial charge on any atom is 0.323 e. The Morgan fingerprint density at radius 1 is 1.59 bits per heavy atom. The number of rotatable bonds is 7. The summed E-state index contributed by atoms with van der Waals surface area (Å²) >= 11 is 0. The van der Waals surface area contributed by atoms with Gasteiger partial charge in [-0.3, -0.25) is 10.1 Å². The van der Waals surface area contributed by atoms with Crippen LogP contribution in [0, 0.1) is 6.92 Å². The lowest BCUT2D eigenvalue weighted by molar-refractivity contribution is -0.145. The number of ether oxygens (including phenoxy) is 1. The number of nitrogens with zero attached hydrogens (tertiary/aromatic N) is 1. The van der Waals surface area contributed by atoms with Gasteiger partial charge in [0.2, 0.25) is 0 Å². The molecular formula is C12H20N2O3. The Hall–Kier alpha value is -1.36. The summed E-state index contributed by atoms with van der Waals surface area (Å²) in [5.74, 6) is 0.526. The number of hydrogen-bond donors (Lipinski definition) is 1. The van der Waals surface area contributed by atoms with Crippen molar-refractivity contribution < 1.29 is 14.1 Å². The number of nitrogens with one attached hydrogen (secondary N) is 1. The average molecular weight is 240 g/mol. The van der Waals surface area contributed by atoms with Crippen LogP contribution in [0.1, 0.15) is 38.1 Å². The SMILES string of the molecule is CCCC(NCc1cc(C)no1)C(=O)OCC. The van der Waals surface area contributed by atoms with Gasteiger partial charge in [-0.25, -0.2) is 0 Å². The molecule has 1 unspecified atom stereocenters. The lowest BCUT2D eigenvalue weighted by Crippen LogP contribution is -2.37. The van der Waals surface area contributed by atoms with Crippen LogP contribution in [0.15, 0.2) is 10.6 Å². The van der Waals surface area contributed by atoms with Gasteiger partial charge in [0.05, 0.1) is 18.8 Å². The molecule has 1 atom stereocenters. The molecule has 1 N–H and O–H groups in total. The first-order valence-corrected chi connectivity index (χ1v) is 5.99. The second-order valence-electron chi connectivity index (χ2n) is 3.91. The summed E-state index contributed by atoms with van der Waals surface area (Å²) in [4.78, 5) is 11.6. The van der Waals surface area contributed by atoms with Crippen LogP contribution in [0.3, 0.4) is 0 Å². The number of carbonyl (C=O) groups is 1. The maximum atomic E-state index is 11.6. The van der Waals surface area contributed by atoms with E-state index < -0.39 is 0 Å². The van der Waals surface area contributed by atoms with E-state index in [-0.39, 0.29) is 12.0 Å². The third kappa shape index (κ3) is 4.56. The zero-order valence-electron chi connectivity index (χ0n) is 10.7. The Bertz CT molecular complexity index is 349. The summed E-state index contributed by atoms with van der Waals surface area (Å²) in [6.45, 7) is 6.60. The summed E-state index contributed by atoms with van der Waals surface area (Å²) in [6, 6.07) is 1.58. The van der Waals surface area contributed by atoms with E-state index in [2.05, 4.69) is 10.5 Å². The van der Waals surface area contributed by atoms with Crippen LogP contribution in [-0.2, 0) is 16.1 Å². The van der Waals surface area contributed by atoms with Gasteiger partial charge in [-0.15, -0.1) is 0 Å². The van der Waals surface area contributed by atoms with E-state index in [0.29, 0.717) is 13.2 Å². The molecule has 0 saturated carbocycles. The molecule has 0 aromatic carbocycles. The van der Waals surface area contributed by atoms with Crippen molar-refractivity contribution in [1.29, 1.82) is 0 Å². The first-order chi connectivity index (χ1) is 8.17. The van der Waals surface area contributed by atoms with E-state index in [9.17, 15) is 4.79 Å². The number of esters is 1. The highest BCUT2D eigenvalue weighted by molar-refractivity contribution is 5.75. The molecule has 0 fully saturated rings. The van der Waals surface area contributed by atoms with Crippen molar-refractivity contribution in [3.05, 3.63) is 17.5 Å². The van der Waals surface area contributed by atoms with Crippen molar-refractivity contribution in [2.45, 2.75) is 46.2 Å². The topological polar surface area (TPSA) is 64.4 Å². The summed E-state index contributed by atoms with van der Waals surface area (Å²) < 4.78 is 10.1. The smallest absolute Gasteiger partial charge is 0.323 e. The minimum Gasteiger partial charge on any atom is -0.465 e. The molecule has 0 aliphatic heterocycles. The van der Waals surface area contributed by atoms with Crippen LogP contribution in [0.4, 0.5) is 0 Å². The molecule has 0 radical (unpaired) electrons. The normalized spacial score (nSPS) is 12.4. The van der Waals surface area contributed by atoms with Gasteiger partial charge >= 0.3 is 5.97 Å². The van der Waals surface area contributed by atoms with E-state index in [0.717, 1.165) is 24.3 Å². The van der Waals surface area contributed by atoms with Gasteiger partial charge in [0.25, 0.3) is 0 Å². The zero-order valence-corrected chi connectivity index (χ0v) is 10.7. The molecule has 0 bridgehead atoms. The number of aromatic nitrogens is 1. The Kier molecular flexibility index (Phi) is 5.69. The Balaban J connectivity index is 2.46. The van der Waals surface area contributed by atoms with Crippen molar-refractivity contribution >= 4 is 5.97 Å². The molecule has 1 rings (SSSR count). The first kappa shape index (κ1) is 13.7. The molecular weight excluding hydrogens is 220 g/mol. The third-order valence-corrected chi connectivity index (χ3v) is 2.35. The van der Waals surface area contributed by atoms with Crippen LogP contribution in [-0.4, -0.2) is 23.8 Å². The maximum absolute atomic E-state index is 11.6. The monoisotopic (exact) mass is 240 g/mol. The van der Waals surface area contributed by atoms with Gasteiger partial charge in [0, 0.05) is 6.07 Å². The van der Waals surface area contributed by atoms with Crippen molar-refractivity contribution in [2.24, 2.45) is 0 Å². The Morgan fingerprint density at radius 2 is 2.35 bits per heavy atom. The van der Waals surface area contributed by atoms with Crippen LogP contribution < -0.4 is 5.32 Å². The van der Waals surface area contributed by atoms with Crippen LogP contribution >= 0.6 is 0 Å². The number of carbonyl (C=O) groups excluding carboxylic acids is 1. The predicted octanol–water partition coefficient (Wildman–Crippen LogP) is 1.80.